The van der Waals surface area contributed by atoms with Gasteiger partial charge in [-0.3, -0.25) is 0 Å². The summed E-state index contributed by atoms with van der Waals surface area (Å²) in [5.41, 5.74) is 1.46. The van der Waals surface area contributed by atoms with E-state index in [1.54, 1.807) is 19.1 Å². The average molecular weight is 366 g/mol. The van der Waals surface area contributed by atoms with Gasteiger partial charge in [-0.15, -0.1) is 11.3 Å². The van der Waals surface area contributed by atoms with Crippen LogP contribution in [0.1, 0.15) is 15.4 Å². The van der Waals surface area contributed by atoms with Crippen LogP contribution in [0.25, 0.3) is 21.9 Å². The lowest BCUT2D eigenvalue weighted by atomic mass is 10.1. The minimum absolute atomic E-state index is 0.147. The minimum atomic E-state index is -2.61. The quantitative estimate of drug-likeness (QED) is 0.706. The maximum Gasteiger partial charge on any atom is 0.347 e. The van der Waals surface area contributed by atoms with Gasteiger partial charge in [0.1, 0.15) is 22.2 Å². The van der Waals surface area contributed by atoms with E-state index in [-0.39, 0.29) is 10.6 Å². The van der Waals surface area contributed by atoms with E-state index in [1.165, 1.54) is 18.7 Å². The molecule has 0 spiro atoms. The van der Waals surface area contributed by atoms with Crippen LogP contribution in [0, 0.1) is 6.92 Å². The summed E-state index contributed by atoms with van der Waals surface area (Å²) in [6.45, 7) is 0.862. The molecule has 2 heterocycles. The molecule has 0 aliphatic carbocycles. The maximum atomic E-state index is 12.4. The van der Waals surface area contributed by atoms with Gasteiger partial charge in [0.25, 0.3) is 6.43 Å². The van der Waals surface area contributed by atoms with Gasteiger partial charge in [-0.1, -0.05) is 0 Å². The first kappa shape index (κ1) is 17.0. The molecule has 0 amide bonds. The summed E-state index contributed by atoms with van der Waals surface area (Å²) in [6, 6.07) is 4.79. The highest BCUT2D eigenvalue weighted by atomic mass is 32.1. The van der Waals surface area contributed by atoms with E-state index in [1.807, 2.05) is 0 Å². The Kier molecular flexibility index (Phi) is 4.75. The van der Waals surface area contributed by atoms with Crippen molar-refractivity contribution in [3.05, 3.63) is 41.4 Å². The molecule has 1 N–H and O–H groups in total. The number of alkyl halides is 2. The third kappa shape index (κ3) is 3.66. The van der Waals surface area contributed by atoms with Crippen molar-refractivity contribution in [3.8, 4) is 27.6 Å². The van der Waals surface area contributed by atoms with Gasteiger partial charge in [0, 0.05) is 5.56 Å². The lowest BCUT2D eigenvalue weighted by Crippen LogP contribution is -2.07. The molecule has 6 nitrogen and oxygen atoms in total. The molecule has 2 aromatic heterocycles. The van der Waals surface area contributed by atoms with Gasteiger partial charge in [-0.2, -0.15) is 0 Å². The van der Waals surface area contributed by atoms with Crippen LogP contribution in [0.3, 0.4) is 0 Å². The molecule has 0 saturated heterocycles. The molecule has 130 valence electrons. The Bertz CT molecular complexity index is 894. The highest BCUT2D eigenvalue weighted by Gasteiger charge is 2.18. The van der Waals surface area contributed by atoms with Crippen LogP contribution in [0.5, 0.6) is 5.75 Å². The first-order valence-electron chi connectivity index (χ1n) is 7.10. The summed E-state index contributed by atoms with van der Waals surface area (Å²) in [6.07, 6.45) is 0.0426. The molecular weight excluding hydrogens is 354 g/mol. The summed E-state index contributed by atoms with van der Waals surface area (Å²) in [4.78, 5) is 19.4. The Morgan fingerprint density at radius 1 is 1.44 bits per heavy atom. The van der Waals surface area contributed by atoms with Crippen LogP contribution in [0.4, 0.5) is 8.78 Å². The van der Waals surface area contributed by atoms with Crippen molar-refractivity contribution < 1.29 is 27.8 Å². The first-order valence-corrected chi connectivity index (χ1v) is 7.92. The van der Waals surface area contributed by atoms with E-state index < -0.39 is 19.0 Å². The van der Waals surface area contributed by atoms with E-state index in [9.17, 15) is 13.6 Å². The van der Waals surface area contributed by atoms with Crippen molar-refractivity contribution >= 4 is 17.3 Å². The van der Waals surface area contributed by atoms with Gasteiger partial charge < -0.3 is 14.3 Å². The molecule has 3 aromatic rings. The molecule has 0 atom stereocenters. The third-order valence-electron chi connectivity index (χ3n) is 3.28. The molecule has 0 unspecified atom stereocenters. The predicted octanol–water partition coefficient (Wildman–Crippen LogP) is 4.12. The zero-order valence-corrected chi connectivity index (χ0v) is 13.7. The average Bonchev–Trinajstić information content (AvgIpc) is 3.22. The normalized spacial score (nSPS) is 11.0. The zero-order chi connectivity index (χ0) is 18.0. The molecule has 9 heteroatoms. The lowest BCUT2D eigenvalue weighted by Gasteiger charge is -2.10. The fourth-order valence-electron chi connectivity index (χ4n) is 2.20. The fourth-order valence-corrected chi connectivity index (χ4v) is 3.10. The predicted molar refractivity (Wildman–Crippen MR) is 86.2 cm³/mol. The van der Waals surface area contributed by atoms with Gasteiger partial charge in [-0.25, -0.2) is 23.5 Å². The van der Waals surface area contributed by atoms with Crippen molar-refractivity contribution in [1.82, 2.24) is 9.97 Å². The van der Waals surface area contributed by atoms with E-state index >= 15 is 0 Å². The third-order valence-corrected chi connectivity index (χ3v) is 4.47. The Morgan fingerprint density at radius 2 is 2.24 bits per heavy atom. The fraction of sp³-hybridized carbons (Fsp3) is 0.188. The number of benzene rings is 1. The Hall–Kier alpha value is -2.81. The van der Waals surface area contributed by atoms with E-state index in [0.717, 1.165) is 11.3 Å². The number of hydrogen-bond donors (Lipinski definition) is 1. The second kappa shape index (κ2) is 6.98. The summed E-state index contributed by atoms with van der Waals surface area (Å²) in [5.74, 6) is -0.487. The summed E-state index contributed by atoms with van der Waals surface area (Å²) in [5, 5.41) is 9.65. The highest BCUT2D eigenvalue weighted by Crippen LogP contribution is 2.36. The molecule has 0 radical (unpaired) electrons. The number of carboxylic acid groups (broad SMARTS) is 1. The number of carbonyl (C=O) groups is 1. The molecule has 0 saturated carbocycles. The van der Waals surface area contributed by atoms with Gasteiger partial charge in [-0.05, 0) is 25.1 Å². The summed E-state index contributed by atoms with van der Waals surface area (Å²) >= 11 is 1.03. The van der Waals surface area contributed by atoms with E-state index in [4.69, 9.17) is 14.3 Å². The molecular formula is C16H12F2N2O4S. The number of oxazole rings is 1. The largest absolute Gasteiger partial charge is 0.487 e. The Balaban J connectivity index is 2.03. The van der Waals surface area contributed by atoms with Crippen molar-refractivity contribution in [2.45, 2.75) is 13.3 Å². The molecule has 0 bridgehead atoms. The molecule has 3 rings (SSSR count). The standard InChI is InChI=1S/C16H12F2N2O4S/c1-8-14(16(21)22)25-15(20-8)9-2-3-11(23-6-13(17)18)10(4-9)12-5-19-7-24-12/h2-5,7,13H,6H2,1H3,(H,21,22). The van der Waals surface area contributed by atoms with Crippen molar-refractivity contribution in [1.29, 1.82) is 0 Å². The number of aromatic carboxylic acids is 1. The van der Waals surface area contributed by atoms with Gasteiger partial charge >= 0.3 is 5.97 Å². The van der Waals surface area contributed by atoms with Crippen LogP contribution in [0.15, 0.2) is 35.2 Å². The number of aromatic nitrogens is 2. The van der Waals surface area contributed by atoms with Crippen LogP contribution in [-0.2, 0) is 0 Å². The number of thiazole rings is 1. The SMILES string of the molecule is Cc1nc(-c2ccc(OCC(F)F)c(-c3cnco3)c2)sc1C(=O)O. The van der Waals surface area contributed by atoms with Crippen molar-refractivity contribution in [3.63, 3.8) is 0 Å². The van der Waals surface area contributed by atoms with Gasteiger partial charge in [0.05, 0.1) is 17.5 Å². The molecule has 0 aliphatic heterocycles. The van der Waals surface area contributed by atoms with Gasteiger partial charge in [0.15, 0.2) is 12.2 Å². The Labute approximate surface area is 144 Å². The molecule has 0 fully saturated rings. The number of halogens is 2. The monoisotopic (exact) mass is 366 g/mol. The highest BCUT2D eigenvalue weighted by molar-refractivity contribution is 7.17. The second-order valence-electron chi connectivity index (χ2n) is 5.02. The Morgan fingerprint density at radius 3 is 2.84 bits per heavy atom. The summed E-state index contributed by atoms with van der Waals surface area (Å²) in [7, 11) is 0. The maximum absolute atomic E-state index is 12.4. The van der Waals surface area contributed by atoms with Crippen LogP contribution in [0.2, 0.25) is 0 Å². The van der Waals surface area contributed by atoms with Crippen LogP contribution < -0.4 is 4.74 Å². The molecule has 1 aromatic carbocycles. The number of rotatable bonds is 6. The van der Waals surface area contributed by atoms with Crippen molar-refractivity contribution in [2.75, 3.05) is 6.61 Å². The first-order chi connectivity index (χ1) is 12.0. The van der Waals surface area contributed by atoms with Crippen molar-refractivity contribution in [2.24, 2.45) is 0 Å². The topological polar surface area (TPSA) is 85.5 Å². The number of carboxylic acids is 1. The van der Waals surface area contributed by atoms with Crippen LogP contribution in [-0.4, -0.2) is 34.1 Å². The molecule has 0 aliphatic rings. The minimum Gasteiger partial charge on any atom is -0.487 e. The lowest BCUT2D eigenvalue weighted by molar-refractivity contribution is 0.0701. The molecule has 25 heavy (non-hydrogen) atoms. The number of hydrogen-bond acceptors (Lipinski definition) is 6. The number of nitrogens with zero attached hydrogens (tertiary/aromatic N) is 2. The number of aryl methyl sites for hydroxylation is 1. The number of ether oxygens (including phenoxy) is 1. The van der Waals surface area contributed by atoms with Crippen LogP contribution >= 0.6 is 11.3 Å². The smallest absolute Gasteiger partial charge is 0.347 e. The van der Waals surface area contributed by atoms with Gasteiger partial charge in [0.2, 0.25) is 0 Å². The zero-order valence-electron chi connectivity index (χ0n) is 12.9. The second-order valence-corrected chi connectivity index (χ2v) is 6.02. The summed E-state index contributed by atoms with van der Waals surface area (Å²) < 4.78 is 35.2. The van der Waals surface area contributed by atoms with E-state index in [0.29, 0.717) is 27.6 Å². The van der Waals surface area contributed by atoms with E-state index in [2.05, 4.69) is 9.97 Å².